The minimum Gasteiger partial charge on any atom is -0.495 e. The van der Waals surface area contributed by atoms with Gasteiger partial charge in [-0.25, -0.2) is 8.42 Å². The van der Waals surface area contributed by atoms with Crippen LogP contribution in [0.1, 0.15) is 6.42 Å². The molecule has 0 aliphatic carbocycles. The summed E-state index contributed by atoms with van der Waals surface area (Å²) < 4.78 is 32.9. The van der Waals surface area contributed by atoms with Crippen molar-refractivity contribution in [2.75, 3.05) is 31.2 Å². The second kappa shape index (κ2) is 7.47. The Hall–Kier alpha value is -0.310. The Bertz CT molecular complexity index is 535. The van der Waals surface area contributed by atoms with Crippen LogP contribution >= 0.6 is 31.9 Å². The van der Waals surface area contributed by atoms with E-state index in [4.69, 9.17) is 4.74 Å². The van der Waals surface area contributed by atoms with E-state index in [1.54, 1.807) is 19.2 Å². The van der Waals surface area contributed by atoms with Crippen LogP contribution in [0.25, 0.3) is 0 Å². The molecule has 0 heterocycles. The van der Waals surface area contributed by atoms with Gasteiger partial charge in [0.05, 0.1) is 23.0 Å². The van der Waals surface area contributed by atoms with Crippen LogP contribution in [0.4, 0.5) is 5.69 Å². The van der Waals surface area contributed by atoms with Crippen molar-refractivity contribution in [3.05, 3.63) is 21.1 Å². The standard InChI is InChI=1S/C11H16Br2N2O3S/c1-14-4-3-5-19(16,17)15-10-7-11(18-2)9(13)6-8(10)12/h6-7,14-15H,3-5H2,1-2H3. The summed E-state index contributed by atoms with van der Waals surface area (Å²) in [6.07, 6.45) is 0.553. The monoisotopic (exact) mass is 414 g/mol. The number of hydrogen-bond acceptors (Lipinski definition) is 4. The summed E-state index contributed by atoms with van der Waals surface area (Å²) in [4.78, 5) is 0. The lowest BCUT2D eigenvalue weighted by atomic mass is 10.3. The zero-order valence-corrected chi connectivity index (χ0v) is 14.7. The van der Waals surface area contributed by atoms with Crippen molar-refractivity contribution in [2.45, 2.75) is 6.42 Å². The molecule has 0 aromatic heterocycles. The molecule has 2 N–H and O–H groups in total. The molecule has 8 heteroatoms. The Kier molecular flexibility index (Phi) is 6.58. The number of rotatable bonds is 7. The molecule has 0 fully saturated rings. The van der Waals surface area contributed by atoms with Gasteiger partial charge in [0.1, 0.15) is 5.75 Å². The van der Waals surface area contributed by atoms with E-state index in [0.717, 1.165) is 4.47 Å². The van der Waals surface area contributed by atoms with Crippen molar-refractivity contribution >= 4 is 47.6 Å². The Morgan fingerprint density at radius 1 is 1.26 bits per heavy atom. The van der Waals surface area contributed by atoms with E-state index in [0.29, 0.717) is 28.9 Å². The molecule has 0 atom stereocenters. The topological polar surface area (TPSA) is 67.4 Å². The molecule has 0 aliphatic rings. The fraction of sp³-hybridized carbons (Fsp3) is 0.455. The number of halogens is 2. The second-order valence-corrected chi connectivity index (χ2v) is 7.40. The third-order valence-electron chi connectivity index (χ3n) is 2.35. The average Bonchev–Trinajstić information content (AvgIpc) is 2.32. The minimum absolute atomic E-state index is 0.0681. The zero-order valence-electron chi connectivity index (χ0n) is 10.7. The van der Waals surface area contributed by atoms with Gasteiger partial charge in [-0.15, -0.1) is 0 Å². The summed E-state index contributed by atoms with van der Waals surface area (Å²) in [6, 6.07) is 3.37. The summed E-state index contributed by atoms with van der Waals surface area (Å²) >= 11 is 6.65. The molecule has 1 aromatic carbocycles. The van der Waals surface area contributed by atoms with E-state index < -0.39 is 10.0 Å². The van der Waals surface area contributed by atoms with Crippen LogP contribution in [0.3, 0.4) is 0 Å². The first kappa shape index (κ1) is 16.7. The second-order valence-electron chi connectivity index (χ2n) is 3.84. The highest BCUT2D eigenvalue weighted by Crippen LogP contribution is 2.34. The molecule has 0 saturated heterocycles. The highest BCUT2D eigenvalue weighted by atomic mass is 79.9. The molecule has 0 radical (unpaired) electrons. The molecule has 0 bridgehead atoms. The molecule has 19 heavy (non-hydrogen) atoms. The molecule has 0 unspecified atom stereocenters. The number of nitrogens with one attached hydrogen (secondary N) is 2. The zero-order chi connectivity index (χ0) is 14.5. The van der Waals surface area contributed by atoms with Crippen LogP contribution in [0.15, 0.2) is 21.1 Å². The predicted molar refractivity (Wildman–Crippen MR) is 84.3 cm³/mol. The summed E-state index contributed by atoms with van der Waals surface area (Å²) in [5.41, 5.74) is 0.463. The van der Waals surface area contributed by atoms with Crippen LogP contribution < -0.4 is 14.8 Å². The molecule has 108 valence electrons. The third kappa shape index (κ3) is 5.29. The molecule has 0 aliphatic heterocycles. The van der Waals surface area contributed by atoms with E-state index >= 15 is 0 Å². The van der Waals surface area contributed by atoms with Crippen LogP contribution in [0.5, 0.6) is 5.75 Å². The number of methoxy groups -OCH3 is 1. The number of sulfonamides is 1. The van der Waals surface area contributed by atoms with Crippen LogP contribution in [0.2, 0.25) is 0 Å². The van der Waals surface area contributed by atoms with Gasteiger partial charge in [0.15, 0.2) is 0 Å². The Balaban J connectivity index is 2.87. The molecule has 5 nitrogen and oxygen atoms in total. The lowest BCUT2D eigenvalue weighted by Crippen LogP contribution is -2.20. The van der Waals surface area contributed by atoms with Crippen molar-refractivity contribution in [1.82, 2.24) is 5.32 Å². The van der Waals surface area contributed by atoms with Crippen molar-refractivity contribution in [3.8, 4) is 5.75 Å². The highest BCUT2D eigenvalue weighted by Gasteiger charge is 2.14. The lowest BCUT2D eigenvalue weighted by molar-refractivity contribution is 0.412. The van der Waals surface area contributed by atoms with E-state index in [2.05, 4.69) is 41.9 Å². The third-order valence-corrected chi connectivity index (χ3v) is 4.98. The van der Waals surface area contributed by atoms with Gasteiger partial charge in [-0.2, -0.15) is 0 Å². The first-order chi connectivity index (χ1) is 8.89. The minimum atomic E-state index is -3.36. The Labute approximate surface area is 130 Å². The van der Waals surface area contributed by atoms with Crippen LogP contribution in [-0.2, 0) is 10.0 Å². The number of anilines is 1. The van der Waals surface area contributed by atoms with E-state index in [1.165, 1.54) is 7.11 Å². The molecule has 0 spiro atoms. The maximum absolute atomic E-state index is 11.9. The first-order valence-corrected chi connectivity index (χ1v) is 8.81. The Morgan fingerprint density at radius 3 is 2.53 bits per heavy atom. The summed E-state index contributed by atoms with van der Waals surface area (Å²) in [5.74, 6) is 0.634. The normalized spacial score (nSPS) is 11.4. The summed E-state index contributed by atoms with van der Waals surface area (Å²) in [6.45, 7) is 0.658. The van der Waals surface area contributed by atoms with Gasteiger partial charge in [-0.3, -0.25) is 4.72 Å². The average molecular weight is 416 g/mol. The van der Waals surface area contributed by atoms with Crippen LogP contribution in [0, 0.1) is 0 Å². The van der Waals surface area contributed by atoms with Gasteiger partial charge in [0, 0.05) is 10.5 Å². The maximum atomic E-state index is 11.9. The molecule has 1 rings (SSSR count). The van der Waals surface area contributed by atoms with Gasteiger partial charge in [0.2, 0.25) is 10.0 Å². The number of benzene rings is 1. The van der Waals surface area contributed by atoms with Crippen molar-refractivity contribution < 1.29 is 13.2 Å². The van der Waals surface area contributed by atoms with E-state index in [1.807, 2.05) is 0 Å². The van der Waals surface area contributed by atoms with Gasteiger partial charge >= 0.3 is 0 Å². The Morgan fingerprint density at radius 2 is 1.95 bits per heavy atom. The fourth-order valence-corrected chi connectivity index (χ4v) is 3.94. The van der Waals surface area contributed by atoms with Gasteiger partial charge in [-0.05, 0) is 57.9 Å². The maximum Gasteiger partial charge on any atom is 0.232 e. The highest BCUT2D eigenvalue weighted by molar-refractivity contribution is 9.11. The summed E-state index contributed by atoms with van der Waals surface area (Å²) in [5, 5.41) is 2.91. The van der Waals surface area contributed by atoms with Gasteiger partial charge in [-0.1, -0.05) is 0 Å². The molecule has 1 aromatic rings. The van der Waals surface area contributed by atoms with E-state index in [9.17, 15) is 8.42 Å². The van der Waals surface area contributed by atoms with E-state index in [-0.39, 0.29) is 5.75 Å². The lowest BCUT2D eigenvalue weighted by Gasteiger charge is -2.12. The van der Waals surface area contributed by atoms with Gasteiger partial charge in [0.25, 0.3) is 0 Å². The van der Waals surface area contributed by atoms with Crippen molar-refractivity contribution in [1.29, 1.82) is 0 Å². The molecular weight excluding hydrogens is 400 g/mol. The van der Waals surface area contributed by atoms with Crippen molar-refractivity contribution in [2.24, 2.45) is 0 Å². The molecule has 0 saturated carbocycles. The smallest absolute Gasteiger partial charge is 0.232 e. The fourth-order valence-electron chi connectivity index (χ4n) is 1.42. The number of hydrogen-bond donors (Lipinski definition) is 2. The number of ether oxygens (including phenoxy) is 1. The predicted octanol–water partition coefficient (Wildman–Crippen LogP) is 2.57. The SMILES string of the molecule is CNCCCS(=O)(=O)Nc1cc(OC)c(Br)cc1Br. The van der Waals surface area contributed by atoms with Crippen LogP contribution in [-0.4, -0.2) is 34.9 Å². The quantitative estimate of drug-likeness (QED) is 0.671. The van der Waals surface area contributed by atoms with Crippen molar-refractivity contribution in [3.63, 3.8) is 0 Å². The van der Waals surface area contributed by atoms with Gasteiger partial charge < -0.3 is 10.1 Å². The summed E-state index contributed by atoms with van der Waals surface area (Å²) in [7, 11) is -0.0432. The molecular formula is C11H16Br2N2O3S. The largest absolute Gasteiger partial charge is 0.495 e. The molecule has 0 amide bonds. The first-order valence-electron chi connectivity index (χ1n) is 5.57.